The highest BCUT2D eigenvalue weighted by molar-refractivity contribution is 9.10. The van der Waals surface area contributed by atoms with Gasteiger partial charge in [-0.05, 0) is 17.7 Å². The molecule has 2 rings (SSSR count). The molecule has 7 heteroatoms. The van der Waals surface area contributed by atoms with Crippen LogP contribution in [0.3, 0.4) is 0 Å². The monoisotopic (exact) mass is 342 g/mol. The van der Waals surface area contributed by atoms with Crippen LogP contribution >= 0.6 is 15.9 Å². The number of aliphatic hydroxyl groups excluding tert-OH is 1. The summed E-state index contributed by atoms with van der Waals surface area (Å²) in [6.45, 7) is 0.303. The van der Waals surface area contributed by atoms with Crippen molar-refractivity contribution in [1.29, 1.82) is 0 Å². The summed E-state index contributed by atoms with van der Waals surface area (Å²) in [7, 11) is 0. The lowest BCUT2D eigenvalue weighted by Gasteiger charge is -2.20. The number of rotatable bonds is 3. The molecule has 20 heavy (non-hydrogen) atoms. The second-order valence-electron chi connectivity index (χ2n) is 4.68. The van der Waals surface area contributed by atoms with E-state index in [1.807, 2.05) is 24.3 Å². The van der Waals surface area contributed by atoms with Crippen LogP contribution in [0.2, 0.25) is 0 Å². The summed E-state index contributed by atoms with van der Waals surface area (Å²) in [4.78, 5) is 24.0. The first-order valence-electron chi connectivity index (χ1n) is 6.17. The number of nitrogens with one attached hydrogen (secondary N) is 1. The van der Waals surface area contributed by atoms with Crippen LogP contribution < -0.4 is 5.32 Å². The predicted molar refractivity (Wildman–Crippen MR) is 75.1 cm³/mol. The van der Waals surface area contributed by atoms with Gasteiger partial charge in [0.15, 0.2) is 0 Å². The summed E-state index contributed by atoms with van der Waals surface area (Å²) in [5, 5.41) is 21.2. The zero-order valence-corrected chi connectivity index (χ0v) is 12.2. The van der Waals surface area contributed by atoms with Crippen LogP contribution in [0.1, 0.15) is 12.0 Å². The quantitative estimate of drug-likeness (QED) is 0.769. The molecule has 0 bridgehead atoms. The van der Waals surface area contributed by atoms with E-state index in [1.165, 1.54) is 0 Å². The van der Waals surface area contributed by atoms with Crippen LogP contribution in [0.5, 0.6) is 0 Å². The number of amides is 2. The molecule has 2 atom stereocenters. The fourth-order valence-electron chi connectivity index (χ4n) is 2.18. The number of β-amino-alcohol motifs (C(OH)–C–C–N with tert-alkyl or cyclic N) is 1. The maximum Gasteiger partial charge on any atom is 0.408 e. The highest BCUT2D eigenvalue weighted by Crippen LogP contribution is 2.18. The Bertz CT molecular complexity index is 506. The number of aliphatic hydroxyl groups is 1. The third-order valence-electron chi connectivity index (χ3n) is 3.21. The van der Waals surface area contributed by atoms with E-state index in [2.05, 4.69) is 21.2 Å². The number of carbonyl (C=O) groups is 2. The summed E-state index contributed by atoms with van der Waals surface area (Å²) in [6, 6.07) is 6.64. The summed E-state index contributed by atoms with van der Waals surface area (Å²) in [5.74, 6) is -0.383. The molecule has 1 aromatic rings. The molecule has 1 saturated heterocycles. The van der Waals surface area contributed by atoms with E-state index in [9.17, 15) is 14.7 Å². The van der Waals surface area contributed by atoms with Gasteiger partial charge in [-0.25, -0.2) is 4.79 Å². The van der Waals surface area contributed by atoms with Gasteiger partial charge in [-0.2, -0.15) is 0 Å². The highest BCUT2D eigenvalue weighted by Gasteiger charge is 2.38. The lowest BCUT2D eigenvalue weighted by atomic mass is 10.1. The molecule has 1 aliphatic rings. The predicted octanol–water partition coefficient (Wildman–Crippen LogP) is 1.18. The van der Waals surface area contributed by atoms with Gasteiger partial charge in [-0.3, -0.25) is 9.69 Å². The van der Waals surface area contributed by atoms with Crippen LogP contribution in [0.15, 0.2) is 28.7 Å². The molecule has 0 aliphatic carbocycles. The number of nitrogens with zero attached hydrogens (tertiary/aromatic N) is 1. The van der Waals surface area contributed by atoms with E-state index in [-0.39, 0.29) is 18.9 Å². The maximum absolute atomic E-state index is 12.0. The van der Waals surface area contributed by atoms with Gasteiger partial charge < -0.3 is 15.5 Å². The average Bonchev–Trinajstić information content (AvgIpc) is 2.80. The van der Waals surface area contributed by atoms with Gasteiger partial charge in [-0.1, -0.05) is 28.1 Å². The minimum absolute atomic E-state index is 0.0221. The molecular formula is C13H15BrN2O4. The fraction of sp³-hybridized carbons (Fsp3) is 0.385. The van der Waals surface area contributed by atoms with Crippen molar-refractivity contribution in [2.75, 3.05) is 6.54 Å². The van der Waals surface area contributed by atoms with Crippen molar-refractivity contribution in [3.05, 3.63) is 34.3 Å². The number of halogens is 1. The number of carboxylic acid groups (broad SMARTS) is 1. The largest absolute Gasteiger partial charge is 0.465 e. The van der Waals surface area contributed by atoms with E-state index in [0.717, 1.165) is 14.9 Å². The first kappa shape index (κ1) is 14.8. The average molecular weight is 343 g/mol. The van der Waals surface area contributed by atoms with E-state index >= 15 is 0 Å². The van der Waals surface area contributed by atoms with Crippen LogP contribution in [-0.2, 0) is 11.3 Å². The Hall–Kier alpha value is -1.60. The standard InChI is InChI=1S/C13H15BrN2O4/c14-9-3-1-8(2-4-9)6-15-12(18)11-5-10(17)7-16(11)13(19)20/h1-4,10-11,17H,5-7H2,(H,15,18)(H,19,20)/t10-,11+/m1/s1. The summed E-state index contributed by atoms with van der Waals surface area (Å²) < 4.78 is 0.948. The molecule has 1 fully saturated rings. The molecule has 0 radical (unpaired) electrons. The smallest absolute Gasteiger partial charge is 0.408 e. The number of hydrogen-bond donors (Lipinski definition) is 3. The van der Waals surface area contributed by atoms with Crippen LogP contribution in [0.4, 0.5) is 4.79 Å². The Balaban J connectivity index is 1.94. The molecule has 108 valence electrons. The SMILES string of the molecule is O=C(NCc1ccc(Br)cc1)[C@@H]1C[C@@H](O)CN1C(=O)O. The maximum atomic E-state index is 12.0. The van der Waals surface area contributed by atoms with Crippen molar-refractivity contribution in [2.24, 2.45) is 0 Å². The number of carbonyl (C=O) groups excluding carboxylic acids is 1. The molecule has 6 nitrogen and oxygen atoms in total. The Morgan fingerprint density at radius 3 is 2.60 bits per heavy atom. The third-order valence-corrected chi connectivity index (χ3v) is 3.74. The lowest BCUT2D eigenvalue weighted by Crippen LogP contribution is -2.45. The van der Waals surface area contributed by atoms with Crippen molar-refractivity contribution < 1.29 is 19.8 Å². The zero-order valence-electron chi connectivity index (χ0n) is 10.6. The van der Waals surface area contributed by atoms with Crippen molar-refractivity contribution >= 4 is 27.9 Å². The van der Waals surface area contributed by atoms with Crippen molar-refractivity contribution in [1.82, 2.24) is 10.2 Å². The second kappa shape index (κ2) is 6.23. The number of likely N-dealkylation sites (tertiary alicyclic amines) is 1. The molecular weight excluding hydrogens is 328 g/mol. The van der Waals surface area contributed by atoms with Gasteiger partial charge in [0, 0.05) is 17.4 Å². The molecule has 1 aromatic carbocycles. The first-order chi connectivity index (χ1) is 9.47. The molecule has 1 heterocycles. The summed E-state index contributed by atoms with van der Waals surface area (Å²) in [5.41, 5.74) is 0.918. The van der Waals surface area contributed by atoms with Gasteiger partial charge in [0.2, 0.25) is 5.91 Å². The summed E-state index contributed by atoms with van der Waals surface area (Å²) in [6.07, 6.45) is -1.83. The van der Waals surface area contributed by atoms with E-state index in [0.29, 0.717) is 6.54 Å². The van der Waals surface area contributed by atoms with Gasteiger partial charge in [0.25, 0.3) is 0 Å². The van der Waals surface area contributed by atoms with Crippen molar-refractivity contribution in [2.45, 2.75) is 25.1 Å². The van der Waals surface area contributed by atoms with Gasteiger partial charge >= 0.3 is 6.09 Å². The molecule has 0 aromatic heterocycles. The third kappa shape index (κ3) is 3.49. The van der Waals surface area contributed by atoms with Gasteiger partial charge in [0.1, 0.15) is 6.04 Å². The Labute approximate surface area is 124 Å². The topological polar surface area (TPSA) is 89.9 Å². The second-order valence-corrected chi connectivity index (χ2v) is 5.60. The first-order valence-corrected chi connectivity index (χ1v) is 6.96. The van der Waals surface area contributed by atoms with E-state index in [4.69, 9.17) is 5.11 Å². The minimum Gasteiger partial charge on any atom is -0.465 e. The van der Waals surface area contributed by atoms with Crippen molar-refractivity contribution in [3.63, 3.8) is 0 Å². The normalized spacial score (nSPS) is 21.8. The van der Waals surface area contributed by atoms with Crippen LogP contribution in [0, 0.1) is 0 Å². The van der Waals surface area contributed by atoms with Crippen LogP contribution in [-0.4, -0.2) is 45.8 Å². The fourth-order valence-corrected chi connectivity index (χ4v) is 2.45. The minimum atomic E-state index is -1.19. The van der Waals surface area contributed by atoms with Gasteiger partial charge in [0.05, 0.1) is 12.6 Å². The molecule has 1 aliphatic heterocycles. The van der Waals surface area contributed by atoms with E-state index < -0.39 is 18.2 Å². The van der Waals surface area contributed by atoms with E-state index in [1.54, 1.807) is 0 Å². The zero-order chi connectivity index (χ0) is 14.7. The lowest BCUT2D eigenvalue weighted by molar-refractivity contribution is -0.125. The molecule has 0 spiro atoms. The van der Waals surface area contributed by atoms with Crippen LogP contribution in [0.25, 0.3) is 0 Å². The van der Waals surface area contributed by atoms with Gasteiger partial charge in [-0.15, -0.1) is 0 Å². The molecule has 0 unspecified atom stereocenters. The molecule has 3 N–H and O–H groups in total. The molecule has 2 amide bonds. The summed E-state index contributed by atoms with van der Waals surface area (Å²) >= 11 is 3.32. The number of benzene rings is 1. The molecule has 0 saturated carbocycles. The Kier molecular flexibility index (Phi) is 4.61. The Morgan fingerprint density at radius 1 is 1.35 bits per heavy atom. The van der Waals surface area contributed by atoms with Crippen molar-refractivity contribution in [3.8, 4) is 0 Å². The Morgan fingerprint density at radius 2 is 2.00 bits per heavy atom. The highest BCUT2D eigenvalue weighted by atomic mass is 79.9. The number of hydrogen-bond acceptors (Lipinski definition) is 3.